The van der Waals surface area contributed by atoms with Crippen LogP contribution in [0.2, 0.25) is 0 Å². The summed E-state index contributed by atoms with van der Waals surface area (Å²) < 4.78 is 13.5. The van der Waals surface area contributed by atoms with E-state index in [0.29, 0.717) is 33.8 Å². The molecule has 9 heteroatoms. The molecule has 0 radical (unpaired) electrons. The number of nitrogens with zero attached hydrogens (tertiary/aromatic N) is 3. The molecule has 4 aromatic rings. The maximum atomic E-state index is 13.3. The van der Waals surface area contributed by atoms with E-state index in [2.05, 4.69) is 21.0 Å². The molecule has 0 bridgehead atoms. The summed E-state index contributed by atoms with van der Waals surface area (Å²) in [6, 6.07) is 17.3. The Kier molecular flexibility index (Phi) is 8.03. The fraction of sp³-hybridized carbons (Fsp3) is 0.214. The van der Waals surface area contributed by atoms with E-state index in [1.807, 2.05) is 32.0 Å². The third kappa shape index (κ3) is 5.89. The Morgan fingerprint density at radius 3 is 2.57 bits per heavy atom. The summed E-state index contributed by atoms with van der Waals surface area (Å²) in [4.78, 5) is 29.1. The third-order valence-corrected chi connectivity index (χ3v) is 6.48. The van der Waals surface area contributed by atoms with Crippen LogP contribution < -0.4 is 15.0 Å². The summed E-state index contributed by atoms with van der Waals surface area (Å²) in [6.07, 6.45) is 2.40. The molecule has 1 aromatic heterocycles. The number of carboxylic acids is 1. The lowest BCUT2D eigenvalue weighted by atomic mass is 10.1. The van der Waals surface area contributed by atoms with Gasteiger partial charge in [-0.05, 0) is 66.1 Å². The lowest BCUT2D eigenvalue weighted by Crippen LogP contribution is -2.23. The van der Waals surface area contributed by atoms with Gasteiger partial charge in [0.1, 0.15) is 12.4 Å². The third-order valence-electron chi connectivity index (χ3n) is 5.99. The van der Waals surface area contributed by atoms with Crippen molar-refractivity contribution in [1.82, 2.24) is 9.66 Å². The minimum Gasteiger partial charge on any atom is -0.493 e. The summed E-state index contributed by atoms with van der Waals surface area (Å²) in [5, 5.41) is 14.0. The maximum Gasteiger partial charge on any atom is 0.335 e. The number of carboxylic acid groups (broad SMARTS) is 1. The molecule has 4 rings (SSSR count). The molecule has 190 valence electrons. The van der Waals surface area contributed by atoms with E-state index < -0.39 is 5.97 Å². The van der Waals surface area contributed by atoms with Crippen LogP contribution in [-0.2, 0) is 6.61 Å². The molecular formula is C28H26BrN3O5. The second-order valence-electron chi connectivity index (χ2n) is 8.50. The molecule has 0 aliphatic heterocycles. The van der Waals surface area contributed by atoms with E-state index in [1.165, 1.54) is 16.8 Å². The highest BCUT2D eigenvalue weighted by molar-refractivity contribution is 9.10. The van der Waals surface area contributed by atoms with Crippen LogP contribution >= 0.6 is 15.9 Å². The van der Waals surface area contributed by atoms with E-state index in [9.17, 15) is 9.59 Å². The second kappa shape index (κ2) is 11.4. The molecule has 37 heavy (non-hydrogen) atoms. The zero-order chi connectivity index (χ0) is 26.5. The molecule has 3 aromatic carbocycles. The quantitative estimate of drug-likeness (QED) is 0.256. The van der Waals surface area contributed by atoms with Gasteiger partial charge in [-0.25, -0.2) is 9.78 Å². The van der Waals surface area contributed by atoms with Crippen LogP contribution in [0.3, 0.4) is 0 Å². The monoisotopic (exact) mass is 563 g/mol. The van der Waals surface area contributed by atoms with Crippen LogP contribution in [0.25, 0.3) is 10.9 Å². The molecule has 0 unspecified atom stereocenters. The van der Waals surface area contributed by atoms with E-state index in [4.69, 9.17) is 19.6 Å². The molecule has 0 aliphatic carbocycles. The molecule has 0 aliphatic rings. The van der Waals surface area contributed by atoms with Gasteiger partial charge in [0.05, 0.1) is 29.8 Å². The zero-order valence-electron chi connectivity index (χ0n) is 20.6. The van der Waals surface area contributed by atoms with Gasteiger partial charge in [0.15, 0.2) is 11.5 Å². The number of rotatable bonds is 9. The van der Waals surface area contributed by atoms with Crippen LogP contribution in [0, 0.1) is 0 Å². The first-order chi connectivity index (χ1) is 17.8. The number of hydrogen-bond acceptors (Lipinski definition) is 6. The van der Waals surface area contributed by atoms with Crippen molar-refractivity contribution < 1.29 is 19.4 Å². The SMILES string of the molecule is CC[C@H](C)c1nc2ccc(Br)cc2c(=O)n1N=Cc1ccc(OCc2ccc(C(=O)O)cc2)c(OC)c1. The predicted molar refractivity (Wildman–Crippen MR) is 146 cm³/mol. The van der Waals surface area contributed by atoms with Gasteiger partial charge >= 0.3 is 5.97 Å². The van der Waals surface area contributed by atoms with Crippen LogP contribution in [0.1, 0.15) is 53.5 Å². The van der Waals surface area contributed by atoms with Gasteiger partial charge in [-0.3, -0.25) is 4.79 Å². The Hall–Kier alpha value is -3.98. The van der Waals surface area contributed by atoms with E-state index in [0.717, 1.165) is 16.5 Å². The van der Waals surface area contributed by atoms with Crippen LogP contribution in [0.5, 0.6) is 11.5 Å². The molecule has 1 atom stereocenters. The van der Waals surface area contributed by atoms with Crippen molar-refractivity contribution in [3.63, 3.8) is 0 Å². The molecule has 8 nitrogen and oxygen atoms in total. The van der Waals surface area contributed by atoms with Crippen molar-refractivity contribution >= 4 is 39.0 Å². The zero-order valence-corrected chi connectivity index (χ0v) is 22.2. The number of aromatic carboxylic acids is 1. The molecule has 0 saturated carbocycles. The number of aromatic nitrogens is 2. The summed E-state index contributed by atoms with van der Waals surface area (Å²) in [7, 11) is 1.54. The lowest BCUT2D eigenvalue weighted by molar-refractivity contribution is 0.0697. The van der Waals surface area contributed by atoms with E-state index in [-0.39, 0.29) is 23.6 Å². The fourth-order valence-corrected chi connectivity index (χ4v) is 4.05. The van der Waals surface area contributed by atoms with Crippen molar-refractivity contribution in [1.29, 1.82) is 0 Å². The topological polar surface area (TPSA) is 103 Å². The summed E-state index contributed by atoms with van der Waals surface area (Å²) >= 11 is 3.42. The smallest absolute Gasteiger partial charge is 0.335 e. The highest BCUT2D eigenvalue weighted by atomic mass is 79.9. The summed E-state index contributed by atoms with van der Waals surface area (Å²) in [5.74, 6) is 0.683. The van der Waals surface area contributed by atoms with Crippen LogP contribution in [0.4, 0.5) is 0 Å². The van der Waals surface area contributed by atoms with E-state index >= 15 is 0 Å². The van der Waals surface area contributed by atoms with Crippen molar-refractivity contribution in [2.24, 2.45) is 5.10 Å². The number of ether oxygens (including phenoxy) is 2. The highest BCUT2D eigenvalue weighted by Gasteiger charge is 2.16. The molecule has 0 saturated heterocycles. The summed E-state index contributed by atoms with van der Waals surface area (Å²) in [5.41, 5.74) is 2.15. The van der Waals surface area contributed by atoms with Crippen molar-refractivity contribution in [2.45, 2.75) is 32.8 Å². The van der Waals surface area contributed by atoms with Crippen molar-refractivity contribution in [3.8, 4) is 11.5 Å². The van der Waals surface area contributed by atoms with Gasteiger partial charge < -0.3 is 14.6 Å². The molecule has 1 heterocycles. The van der Waals surface area contributed by atoms with Crippen molar-refractivity contribution in [3.05, 3.63) is 98.0 Å². The number of halogens is 1. The number of fused-ring (bicyclic) bond motifs is 1. The Morgan fingerprint density at radius 1 is 1.14 bits per heavy atom. The number of benzene rings is 3. The second-order valence-corrected chi connectivity index (χ2v) is 9.42. The Morgan fingerprint density at radius 2 is 1.89 bits per heavy atom. The number of hydrogen-bond donors (Lipinski definition) is 1. The Balaban J connectivity index is 1.61. The maximum absolute atomic E-state index is 13.3. The molecule has 0 spiro atoms. The van der Waals surface area contributed by atoms with Gasteiger partial charge in [-0.2, -0.15) is 9.78 Å². The van der Waals surface area contributed by atoms with Gasteiger partial charge in [0.2, 0.25) is 0 Å². The Bertz CT molecular complexity index is 1530. The first-order valence-corrected chi connectivity index (χ1v) is 12.5. The van der Waals surface area contributed by atoms with Gasteiger partial charge in [0.25, 0.3) is 5.56 Å². The van der Waals surface area contributed by atoms with Crippen LogP contribution in [-0.4, -0.2) is 34.1 Å². The number of methoxy groups -OCH3 is 1. The average molecular weight is 564 g/mol. The van der Waals surface area contributed by atoms with Gasteiger partial charge in [-0.1, -0.05) is 41.9 Å². The first kappa shape index (κ1) is 26.1. The molecule has 0 amide bonds. The molecule has 0 fully saturated rings. The van der Waals surface area contributed by atoms with Gasteiger partial charge in [-0.15, -0.1) is 0 Å². The normalized spacial score (nSPS) is 12.1. The number of carbonyl (C=O) groups is 1. The van der Waals surface area contributed by atoms with Crippen molar-refractivity contribution in [2.75, 3.05) is 7.11 Å². The first-order valence-electron chi connectivity index (χ1n) is 11.7. The lowest BCUT2D eigenvalue weighted by Gasteiger charge is -2.14. The summed E-state index contributed by atoms with van der Waals surface area (Å²) in [6.45, 7) is 4.30. The van der Waals surface area contributed by atoms with Crippen LogP contribution in [0.15, 0.2) is 75.0 Å². The fourth-order valence-electron chi connectivity index (χ4n) is 3.69. The highest BCUT2D eigenvalue weighted by Crippen LogP contribution is 2.28. The Labute approximate surface area is 222 Å². The molecule has 1 N–H and O–H groups in total. The predicted octanol–water partition coefficient (Wildman–Crippen LogP) is 5.84. The minimum absolute atomic E-state index is 0.0350. The van der Waals surface area contributed by atoms with E-state index in [1.54, 1.807) is 43.7 Å². The largest absolute Gasteiger partial charge is 0.493 e. The minimum atomic E-state index is -0.975. The van der Waals surface area contributed by atoms with Gasteiger partial charge in [0, 0.05) is 10.4 Å². The average Bonchev–Trinajstić information content (AvgIpc) is 2.91. The standard InChI is InChI=1S/C28H26BrN3O5/c1-4-17(2)26-31-23-11-10-21(29)14-22(23)27(33)32(26)30-15-19-7-12-24(25(13-19)36-3)37-16-18-5-8-20(9-6-18)28(34)35/h5-15,17H,4,16H2,1-3H3,(H,34,35)/t17-/m0/s1. The molecular weight excluding hydrogens is 538 g/mol.